The molecule has 1 nitrogen and oxygen atoms in total. The second kappa shape index (κ2) is 3.96. The van der Waals surface area contributed by atoms with Crippen LogP contribution in [0.15, 0.2) is 16.6 Å². The lowest BCUT2D eigenvalue weighted by Crippen LogP contribution is -1.92. The highest BCUT2D eigenvalue weighted by Gasteiger charge is 2.14. The summed E-state index contributed by atoms with van der Waals surface area (Å²) in [5.74, 6) is 0. The highest BCUT2D eigenvalue weighted by Crippen LogP contribution is 2.30. The molecule has 0 bridgehead atoms. The molecule has 0 saturated carbocycles. The van der Waals surface area contributed by atoms with E-state index in [9.17, 15) is 13.6 Å². The largest absolute Gasteiger partial charge is 0.298 e. The van der Waals surface area contributed by atoms with Crippen LogP contribution in [0.3, 0.4) is 0 Å². The second-order valence-electron chi connectivity index (χ2n) is 2.66. The van der Waals surface area contributed by atoms with Crippen molar-refractivity contribution in [1.29, 1.82) is 0 Å². The summed E-state index contributed by atoms with van der Waals surface area (Å²) < 4.78 is 25.1. The molecule has 1 rings (SSSR count). The van der Waals surface area contributed by atoms with Crippen LogP contribution in [0.4, 0.5) is 8.78 Å². The molecule has 0 N–H and O–H groups in total. The molecule has 0 radical (unpaired) electrons. The van der Waals surface area contributed by atoms with E-state index in [0.717, 1.165) is 0 Å². The van der Waals surface area contributed by atoms with Gasteiger partial charge in [0.15, 0.2) is 0 Å². The molecule has 0 unspecified atom stereocenters. The minimum atomic E-state index is -2.56. The van der Waals surface area contributed by atoms with Gasteiger partial charge in [-0.1, -0.05) is 15.9 Å². The van der Waals surface area contributed by atoms with E-state index in [4.69, 9.17) is 0 Å². The number of hydrogen-bond donors (Lipinski definition) is 0. The third kappa shape index (κ3) is 2.12. The van der Waals surface area contributed by atoms with Crippen LogP contribution in [0.1, 0.15) is 27.9 Å². The Bertz CT molecular complexity index is 337. The molecule has 0 aliphatic heterocycles. The zero-order valence-corrected chi connectivity index (χ0v) is 8.44. The first kappa shape index (κ1) is 10.3. The van der Waals surface area contributed by atoms with E-state index < -0.39 is 6.43 Å². The fourth-order valence-corrected chi connectivity index (χ4v) is 1.45. The third-order valence-corrected chi connectivity index (χ3v) is 2.76. The number of benzene rings is 1. The number of halogens is 3. The van der Waals surface area contributed by atoms with Crippen LogP contribution in [0.5, 0.6) is 0 Å². The Morgan fingerprint density at radius 2 is 2.08 bits per heavy atom. The fraction of sp³-hybridized carbons (Fsp3) is 0.222. The van der Waals surface area contributed by atoms with Crippen LogP contribution in [0.2, 0.25) is 0 Å². The predicted octanol–water partition coefficient (Wildman–Crippen LogP) is 3.51. The van der Waals surface area contributed by atoms with Gasteiger partial charge in [-0.05, 0) is 24.6 Å². The molecule has 0 aliphatic carbocycles. The van der Waals surface area contributed by atoms with Crippen LogP contribution < -0.4 is 0 Å². The second-order valence-corrected chi connectivity index (χ2v) is 3.45. The summed E-state index contributed by atoms with van der Waals surface area (Å²) in [6, 6.07) is 2.75. The van der Waals surface area contributed by atoms with Crippen LogP contribution in [0.25, 0.3) is 0 Å². The van der Waals surface area contributed by atoms with E-state index >= 15 is 0 Å². The number of aldehydes is 1. The predicted molar refractivity (Wildman–Crippen MR) is 49.2 cm³/mol. The van der Waals surface area contributed by atoms with E-state index in [1.54, 1.807) is 13.0 Å². The number of aryl methyl sites for hydroxylation is 1. The van der Waals surface area contributed by atoms with Crippen LogP contribution in [-0.4, -0.2) is 6.29 Å². The first-order chi connectivity index (χ1) is 6.06. The van der Waals surface area contributed by atoms with Crippen molar-refractivity contribution in [3.8, 4) is 0 Å². The maximum absolute atomic E-state index is 12.4. The topological polar surface area (TPSA) is 17.1 Å². The Hall–Kier alpha value is -0.770. The summed E-state index contributed by atoms with van der Waals surface area (Å²) in [5.41, 5.74) is 0.776. The molecule has 70 valence electrons. The van der Waals surface area contributed by atoms with E-state index in [0.29, 0.717) is 16.3 Å². The molecule has 0 atom stereocenters. The van der Waals surface area contributed by atoms with Crippen LogP contribution in [-0.2, 0) is 0 Å². The molecule has 1 aromatic carbocycles. The van der Waals surface area contributed by atoms with Crippen molar-refractivity contribution in [2.75, 3.05) is 0 Å². The van der Waals surface area contributed by atoms with Crippen molar-refractivity contribution in [1.82, 2.24) is 0 Å². The summed E-state index contributed by atoms with van der Waals surface area (Å²) in [6.07, 6.45) is -2.00. The standard InChI is InChI=1S/C9H7BrF2O/c1-5-2-6(4-13)3-7(8(5)10)9(11)12/h2-4,9H,1H3. The number of carbonyl (C=O) groups is 1. The van der Waals surface area contributed by atoms with Crippen LogP contribution >= 0.6 is 15.9 Å². The molecular weight excluding hydrogens is 242 g/mol. The molecule has 0 fully saturated rings. The van der Waals surface area contributed by atoms with Gasteiger partial charge >= 0.3 is 0 Å². The van der Waals surface area contributed by atoms with Gasteiger partial charge in [-0.15, -0.1) is 0 Å². The normalized spacial score (nSPS) is 10.5. The number of alkyl halides is 2. The molecule has 0 amide bonds. The average Bonchev–Trinajstić information content (AvgIpc) is 2.09. The molecular formula is C9H7BrF2O. The maximum Gasteiger partial charge on any atom is 0.264 e. The lowest BCUT2D eigenvalue weighted by molar-refractivity contribution is 0.112. The quantitative estimate of drug-likeness (QED) is 0.733. The van der Waals surface area contributed by atoms with E-state index in [1.807, 2.05) is 0 Å². The van der Waals surface area contributed by atoms with Gasteiger partial charge in [0, 0.05) is 15.6 Å². The number of hydrogen-bond acceptors (Lipinski definition) is 1. The molecule has 4 heteroatoms. The van der Waals surface area contributed by atoms with Gasteiger partial charge in [-0.2, -0.15) is 0 Å². The van der Waals surface area contributed by atoms with E-state index in [2.05, 4.69) is 15.9 Å². The Labute approximate surface area is 82.9 Å². The molecule has 13 heavy (non-hydrogen) atoms. The monoisotopic (exact) mass is 248 g/mol. The summed E-state index contributed by atoms with van der Waals surface area (Å²) in [6.45, 7) is 1.67. The SMILES string of the molecule is Cc1cc(C=O)cc(C(F)F)c1Br. The van der Waals surface area contributed by atoms with Crippen molar-refractivity contribution in [3.63, 3.8) is 0 Å². The summed E-state index contributed by atoms with van der Waals surface area (Å²) in [5, 5.41) is 0. The van der Waals surface area contributed by atoms with Crippen molar-refractivity contribution < 1.29 is 13.6 Å². The Balaban J connectivity index is 3.32. The van der Waals surface area contributed by atoms with Crippen LogP contribution in [0, 0.1) is 6.92 Å². The molecule has 0 aromatic heterocycles. The van der Waals surface area contributed by atoms with Crippen molar-refractivity contribution in [2.45, 2.75) is 13.3 Å². The zero-order valence-electron chi connectivity index (χ0n) is 6.85. The molecule has 1 aromatic rings. The highest BCUT2D eigenvalue weighted by molar-refractivity contribution is 9.10. The van der Waals surface area contributed by atoms with Gasteiger partial charge in [0.05, 0.1) is 0 Å². The summed E-state index contributed by atoms with van der Waals surface area (Å²) in [7, 11) is 0. The molecule has 0 aliphatic rings. The van der Waals surface area contributed by atoms with Gasteiger partial charge in [0.25, 0.3) is 6.43 Å². The molecule has 0 heterocycles. The van der Waals surface area contributed by atoms with Crippen molar-refractivity contribution >= 4 is 22.2 Å². The average molecular weight is 249 g/mol. The molecule has 0 saturated heterocycles. The third-order valence-electron chi connectivity index (χ3n) is 1.68. The Morgan fingerprint density at radius 1 is 1.46 bits per heavy atom. The number of carbonyl (C=O) groups excluding carboxylic acids is 1. The Morgan fingerprint density at radius 3 is 2.54 bits per heavy atom. The van der Waals surface area contributed by atoms with Gasteiger partial charge in [-0.3, -0.25) is 4.79 Å². The zero-order chi connectivity index (χ0) is 10.0. The Kier molecular flexibility index (Phi) is 3.14. The highest BCUT2D eigenvalue weighted by atomic mass is 79.9. The van der Waals surface area contributed by atoms with Crippen molar-refractivity contribution in [3.05, 3.63) is 33.3 Å². The van der Waals surface area contributed by atoms with Crippen molar-refractivity contribution in [2.24, 2.45) is 0 Å². The maximum atomic E-state index is 12.4. The first-order valence-corrected chi connectivity index (χ1v) is 4.39. The van der Waals surface area contributed by atoms with Gasteiger partial charge in [0.1, 0.15) is 6.29 Å². The van der Waals surface area contributed by atoms with E-state index in [1.165, 1.54) is 6.07 Å². The van der Waals surface area contributed by atoms with E-state index in [-0.39, 0.29) is 11.1 Å². The minimum absolute atomic E-state index is 0.137. The van der Waals surface area contributed by atoms with Gasteiger partial charge in [0.2, 0.25) is 0 Å². The lowest BCUT2D eigenvalue weighted by Gasteiger charge is -2.06. The number of rotatable bonds is 2. The smallest absolute Gasteiger partial charge is 0.264 e. The summed E-state index contributed by atoms with van der Waals surface area (Å²) >= 11 is 3.05. The summed E-state index contributed by atoms with van der Waals surface area (Å²) in [4.78, 5) is 10.4. The molecule has 0 spiro atoms. The lowest BCUT2D eigenvalue weighted by atomic mass is 10.1. The van der Waals surface area contributed by atoms with Gasteiger partial charge < -0.3 is 0 Å². The minimum Gasteiger partial charge on any atom is -0.298 e. The van der Waals surface area contributed by atoms with Gasteiger partial charge in [-0.25, -0.2) is 8.78 Å². The fourth-order valence-electron chi connectivity index (χ4n) is 1.05. The first-order valence-electron chi connectivity index (χ1n) is 3.59.